The molecule has 7 aromatic rings. The number of thiophene rings is 1. The summed E-state index contributed by atoms with van der Waals surface area (Å²) in [6, 6.07) is 51.0. The van der Waals surface area contributed by atoms with E-state index < -0.39 is 0 Å². The monoisotopic (exact) mass is 543 g/mol. The van der Waals surface area contributed by atoms with Gasteiger partial charge in [-0.05, 0) is 76.3 Å². The minimum absolute atomic E-state index is 0.0427. The lowest BCUT2D eigenvalue weighted by atomic mass is 9.81. The molecule has 0 aliphatic heterocycles. The molecular formula is C39H29NS. The SMILES string of the molecule is CC1(C)c2ccccc2-c2ccc(-c3cc(N(c4ccccc4)c4ccccc4)cc4c3sc3ccccc34)cc21. The van der Waals surface area contributed by atoms with Gasteiger partial charge in [-0.1, -0.05) is 105 Å². The molecule has 8 rings (SSSR count). The van der Waals surface area contributed by atoms with Crippen LogP contribution in [0, 0.1) is 0 Å². The van der Waals surface area contributed by atoms with Crippen molar-refractivity contribution in [2.75, 3.05) is 4.90 Å². The maximum Gasteiger partial charge on any atom is 0.0475 e. The van der Waals surface area contributed by atoms with Gasteiger partial charge in [0, 0.05) is 48.2 Å². The van der Waals surface area contributed by atoms with E-state index in [-0.39, 0.29) is 5.41 Å². The fraction of sp³-hybridized carbons (Fsp3) is 0.0769. The van der Waals surface area contributed by atoms with E-state index in [0.717, 1.165) is 17.1 Å². The molecular weight excluding hydrogens is 515 g/mol. The lowest BCUT2D eigenvalue weighted by Gasteiger charge is -2.26. The minimum Gasteiger partial charge on any atom is -0.310 e. The quantitative estimate of drug-likeness (QED) is 0.213. The van der Waals surface area contributed by atoms with Crippen LogP contribution in [0.5, 0.6) is 0 Å². The summed E-state index contributed by atoms with van der Waals surface area (Å²) < 4.78 is 2.66. The fourth-order valence-corrected chi connectivity index (χ4v) is 7.85. The molecule has 1 aliphatic carbocycles. The van der Waals surface area contributed by atoms with Gasteiger partial charge in [0.25, 0.3) is 0 Å². The molecule has 0 fully saturated rings. The van der Waals surface area contributed by atoms with Crippen molar-refractivity contribution < 1.29 is 0 Å². The van der Waals surface area contributed by atoms with Crippen LogP contribution >= 0.6 is 11.3 Å². The Bertz CT molecular complexity index is 2030. The van der Waals surface area contributed by atoms with Crippen LogP contribution < -0.4 is 4.90 Å². The second kappa shape index (κ2) is 9.19. The van der Waals surface area contributed by atoms with Crippen molar-refractivity contribution in [1.29, 1.82) is 0 Å². The standard InChI is InChI=1S/C39H29NS/c1-39(2)35-19-11-9-17-30(35)31-22-21-26(23-36(31)39)33-24-29(25-34-32-18-10-12-20-37(32)41-38(33)34)40(27-13-5-3-6-14-27)28-15-7-4-8-16-28/h3-25H,1-2H3. The van der Waals surface area contributed by atoms with Crippen LogP contribution in [-0.4, -0.2) is 0 Å². The number of para-hydroxylation sites is 2. The summed E-state index contributed by atoms with van der Waals surface area (Å²) in [7, 11) is 0. The van der Waals surface area contributed by atoms with Gasteiger partial charge in [0.1, 0.15) is 0 Å². The molecule has 1 aliphatic rings. The van der Waals surface area contributed by atoms with E-state index in [9.17, 15) is 0 Å². The first-order chi connectivity index (χ1) is 20.1. The number of hydrogen-bond acceptors (Lipinski definition) is 2. The second-order valence-electron chi connectivity index (χ2n) is 11.4. The van der Waals surface area contributed by atoms with Gasteiger partial charge in [0.05, 0.1) is 0 Å². The third-order valence-electron chi connectivity index (χ3n) is 8.64. The number of benzene rings is 6. The maximum absolute atomic E-state index is 2.45. The highest BCUT2D eigenvalue weighted by atomic mass is 32.1. The number of nitrogens with zero attached hydrogens (tertiary/aromatic N) is 1. The Labute approximate surface area is 245 Å². The van der Waals surface area contributed by atoms with Crippen molar-refractivity contribution in [2.24, 2.45) is 0 Å². The predicted molar refractivity (Wildman–Crippen MR) is 177 cm³/mol. The molecule has 0 N–H and O–H groups in total. The second-order valence-corrected chi connectivity index (χ2v) is 12.5. The summed E-state index contributed by atoms with van der Waals surface area (Å²) in [5.41, 5.74) is 11.5. The van der Waals surface area contributed by atoms with Crippen molar-refractivity contribution in [2.45, 2.75) is 19.3 Å². The van der Waals surface area contributed by atoms with Gasteiger partial charge in [-0.25, -0.2) is 0 Å². The van der Waals surface area contributed by atoms with E-state index in [1.54, 1.807) is 0 Å². The van der Waals surface area contributed by atoms with Crippen LogP contribution in [0.3, 0.4) is 0 Å². The zero-order chi connectivity index (χ0) is 27.6. The van der Waals surface area contributed by atoms with E-state index >= 15 is 0 Å². The molecule has 0 saturated carbocycles. The van der Waals surface area contributed by atoms with E-state index in [1.165, 1.54) is 53.6 Å². The van der Waals surface area contributed by atoms with Gasteiger partial charge in [0.15, 0.2) is 0 Å². The normalized spacial score (nSPS) is 13.3. The van der Waals surface area contributed by atoms with Gasteiger partial charge in [-0.15, -0.1) is 11.3 Å². The van der Waals surface area contributed by atoms with Gasteiger partial charge in [-0.3, -0.25) is 0 Å². The highest BCUT2D eigenvalue weighted by molar-refractivity contribution is 7.26. The zero-order valence-corrected chi connectivity index (χ0v) is 24.0. The third-order valence-corrected chi connectivity index (χ3v) is 9.86. The summed E-state index contributed by atoms with van der Waals surface area (Å²) in [6.45, 7) is 4.72. The van der Waals surface area contributed by atoms with Crippen molar-refractivity contribution >= 4 is 48.6 Å². The van der Waals surface area contributed by atoms with E-state index in [2.05, 4.69) is 158 Å². The van der Waals surface area contributed by atoms with Crippen LogP contribution in [0.25, 0.3) is 42.4 Å². The molecule has 0 radical (unpaired) electrons. The third kappa shape index (κ3) is 3.75. The van der Waals surface area contributed by atoms with Crippen molar-refractivity contribution in [1.82, 2.24) is 0 Å². The average molecular weight is 544 g/mol. The molecule has 196 valence electrons. The minimum atomic E-state index is -0.0427. The van der Waals surface area contributed by atoms with E-state index in [0.29, 0.717) is 0 Å². The zero-order valence-electron chi connectivity index (χ0n) is 23.1. The number of fused-ring (bicyclic) bond motifs is 6. The summed E-state index contributed by atoms with van der Waals surface area (Å²) in [4.78, 5) is 2.38. The molecule has 0 bridgehead atoms. The number of rotatable bonds is 4. The maximum atomic E-state index is 2.45. The first-order valence-corrected chi connectivity index (χ1v) is 15.0. The molecule has 6 aromatic carbocycles. The van der Waals surface area contributed by atoms with Crippen molar-refractivity contribution in [3.63, 3.8) is 0 Å². The number of hydrogen-bond donors (Lipinski definition) is 0. The molecule has 1 aromatic heterocycles. The first kappa shape index (κ1) is 24.2. The van der Waals surface area contributed by atoms with Crippen LogP contribution in [0.2, 0.25) is 0 Å². The summed E-state index contributed by atoms with van der Waals surface area (Å²) in [6.07, 6.45) is 0. The molecule has 0 amide bonds. The highest BCUT2D eigenvalue weighted by Gasteiger charge is 2.35. The molecule has 1 nitrogen and oxygen atoms in total. The molecule has 0 spiro atoms. The van der Waals surface area contributed by atoms with Crippen LogP contribution in [0.4, 0.5) is 17.1 Å². The lowest BCUT2D eigenvalue weighted by Crippen LogP contribution is -2.14. The predicted octanol–water partition coefficient (Wildman–Crippen LogP) is 11.5. The Balaban J connectivity index is 1.41. The van der Waals surface area contributed by atoms with E-state index in [4.69, 9.17) is 0 Å². The van der Waals surface area contributed by atoms with Gasteiger partial charge < -0.3 is 4.90 Å². The molecule has 1 heterocycles. The Morgan fingerprint density at radius 1 is 0.488 bits per heavy atom. The smallest absolute Gasteiger partial charge is 0.0475 e. The highest BCUT2D eigenvalue weighted by Crippen LogP contribution is 2.51. The molecule has 0 atom stereocenters. The topological polar surface area (TPSA) is 3.24 Å². The van der Waals surface area contributed by atoms with Gasteiger partial charge in [0.2, 0.25) is 0 Å². The summed E-state index contributed by atoms with van der Waals surface area (Å²) >= 11 is 1.90. The average Bonchev–Trinajstić information content (AvgIpc) is 3.50. The van der Waals surface area contributed by atoms with Crippen molar-refractivity contribution in [3.05, 3.63) is 151 Å². The Kier molecular flexibility index (Phi) is 5.42. The van der Waals surface area contributed by atoms with Gasteiger partial charge >= 0.3 is 0 Å². The molecule has 41 heavy (non-hydrogen) atoms. The number of anilines is 3. The van der Waals surface area contributed by atoms with Gasteiger partial charge in [-0.2, -0.15) is 0 Å². The first-order valence-electron chi connectivity index (χ1n) is 14.2. The van der Waals surface area contributed by atoms with Crippen LogP contribution in [0.1, 0.15) is 25.0 Å². The van der Waals surface area contributed by atoms with E-state index in [1.807, 2.05) is 11.3 Å². The largest absolute Gasteiger partial charge is 0.310 e. The molecule has 2 heteroatoms. The van der Waals surface area contributed by atoms with Crippen LogP contribution in [-0.2, 0) is 5.41 Å². The summed E-state index contributed by atoms with van der Waals surface area (Å²) in [5, 5.41) is 2.61. The van der Waals surface area contributed by atoms with Crippen molar-refractivity contribution in [3.8, 4) is 22.3 Å². The lowest BCUT2D eigenvalue weighted by molar-refractivity contribution is 0.660. The fourth-order valence-electron chi connectivity index (χ4n) is 6.63. The molecule has 0 unspecified atom stereocenters. The van der Waals surface area contributed by atoms with Crippen LogP contribution in [0.15, 0.2) is 140 Å². The Morgan fingerprint density at radius 3 is 1.88 bits per heavy atom. The Hall–Kier alpha value is -4.66. The molecule has 0 saturated heterocycles. The Morgan fingerprint density at radius 2 is 1.12 bits per heavy atom. The summed E-state index contributed by atoms with van der Waals surface area (Å²) in [5.74, 6) is 0.